The molecular weight excluding hydrogens is 226 g/mol. The van der Waals surface area contributed by atoms with E-state index < -0.39 is 6.04 Å². The monoisotopic (exact) mass is 239 g/mol. The number of hydrogen-bond acceptors (Lipinski definition) is 4. The Balaban J connectivity index is 2.60. The Hall–Kier alpha value is -1.23. The first-order valence-electron chi connectivity index (χ1n) is 4.99. The predicted octanol–water partition coefficient (Wildman–Crippen LogP) is 1.28. The summed E-state index contributed by atoms with van der Waals surface area (Å²) >= 11 is 1.54. The van der Waals surface area contributed by atoms with Crippen LogP contribution < -0.4 is 5.56 Å². The number of aromatic nitrogens is 1. The topological polar surface area (TPSA) is 48.3 Å². The largest absolute Gasteiger partial charge is 0.467 e. The molecule has 1 aliphatic heterocycles. The minimum Gasteiger partial charge on any atom is -0.467 e. The first-order chi connectivity index (χ1) is 7.56. The molecule has 0 amide bonds. The molecule has 0 aromatic carbocycles. The molecule has 0 fully saturated rings. The van der Waals surface area contributed by atoms with Crippen molar-refractivity contribution in [3.8, 4) is 0 Å². The molecular formula is C11H13NO3S. The molecule has 1 aromatic heterocycles. The van der Waals surface area contributed by atoms with Crippen LogP contribution in [0.3, 0.4) is 0 Å². The Labute approximate surface area is 97.6 Å². The highest BCUT2D eigenvalue weighted by Gasteiger charge is 2.31. The highest BCUT2D eigenvalue weighted by atomic mass is 32.2. The zero-order valence-electron chi connectivity index (χ0n) is 9.44. The van der Waals surface area contributed by atoms with Crippen molar-refractivity contribution in [3.63, 3.8) is 0 Å². The van der Waals surface area contributed by atoms with Crippen LogP contribution in [0.5, 0.6) is 0 Å². The minimum absolute atomic E-state index is 0.126. The van der Waals surface area contributed by atoms with Crippen LogP contribution in [0.4, 0.5) is 0 Å². The molecule has 86 valence electrons. The van der Waals surface area contributed by atoms with Crippen molar-refractivity contribution in [2.45, 2.75) is 24.9 Å². The quantitative estimate of drug-likeness (QED) is 0.693. The molecule has 5 heteroatoms. The fourth-order valence-electron chi connectivity index (χ4n) is 1.83. The normalized spacial score (nSPS) is 18.3. The van der Waals surface area contributed by atoms with E-state index in [-0.39, 0.29) is 11.5 Å². The van der Waals surface area contributed by atoms with E-state index >= 15 is 0 Å². The molecule has 0 saturated heterocycles. The number of ether oxygens (including phenoxy) is 1. The molecule has 4 nitrogen and oxygen atoms in total. The van der Waals surface area contributed by atoms with Gasteiger partial charge in [0.15, 0.2) is 0 Å². The van der Waals surface area contributed by atoms with E-state index in [1.54, 1.807) is 10.6 Å². The van der Waals surface area contributed by atoms with Gasteiger partial charge in [-0.2, -0.15) is 0 Å². The summed E-state index contributed by atoms with van der Waals surface area (Å²) in [6, 6.07) is 1.09. The molecule has 2 heterocycles. The maximum Gasteiger partial charge on any atom is 0.329 e. The maximum absolute atomic E-state index is 11.9. The molecule has 0 radical (unpaired) electrons. The lowest BCUT2D eigenvalue weighted by Crippen LogP contribution is -2.29. The summed E-state index contributed by atoms with van der Waals surface area (Å²) < 4.78 is 6.24. The molecule has 1 aliphatic rings. The fraction of sp³-hybridized carbons (Fsp3) is 0.455. The summed E-state index contributed by atoms with van der Waals surface area (Å²) in [5.74, 6) is 0.225. The molecule has 0 N–H and O–H groups in total. The van der Waals surface area contributed by atoms with Crippen molar-refractivity contribution in [1.29, 1.82) is 0 Å². The van der Waals surface area contributed by atoms with Gasteiger partial charge in [-0.05, 0) is 25.0 Å². The van der Waals surface area contributed by atoms with Gasteiger partial charge >= 0.3 is 5.97 Å². The van der Waals surface area contributed by atoms with Crippen molar-refractivity contribution in [3.05, 3.63) is 27.5 Å². The van der Waals surface area contributed by atoms with Gasteiger partial charge < -0.3 is 4.74 Å². The molecule has 0 bridgehead atoms. The second-order valence-corrected chi connectivity index (χ2v) is 4.82. The SMILES string of the molecule is COC(=O)[C@@H]1CSc2c(C)c(C)cc(=O)n21. The van der Waals surface area contributed by atoms with Gasteiger partial charge in [-0.25, -0.2) is 4.79 Å². The van der Waals surface area contributed by atoms with E-state index in [0.717, 1.165) is 16.2 Å². The van der Waals surface area contributed by atoms with Crippen LogP contribution in [0.2, 0.25) is 0 Å². The van der Waals surface area contributed by atoms with Gasteiger partial charge in [0.25, 0.3) is 5.56 Å². The van der Waals surface area contributed by atoms with Gasteiger partial charge in [-0.1, -0.05) is 0 Å². The predicted molar refractivity (Wildman–Crippen MR) is 62.0 cm³/mol. The maximum atomic E-state index is 11.9. The van der Waals surface area contributed by atoms with Crippen LogP contribution in [0.15, 0.2) is 15.9 Å². The average molecular weight is 239 g/mol. The van der Waals surface area contributed by atoms with E-state index in [1.165, 1.54) is 18.9 Å². The Morgan fingerprint density at radius 1 is 1.56 bits per heavy atom. The molecule has 1 aromatic rings. The second-order valence-electron chi connectivity index (χ2n) is 3.82. The van der Waals surface area contributed by atoms with E-state index in [9.17, 15) is 9.59 Å². The third kappa shape index (κ3) is 1.55. The summed E-state index contributed by atoms with van der Waals surface area (Å²) in [6.07, 6.45) is 0. The highest BCUT2D eigenvalue weighted by molar-refractivity contribution is 7.99. The summed E-state index contributed by atoms with van der Waals surface area (Å²) in [6.45, 7) is 3.87. The van der Waals surface area contributed by atoms with Crippen molar-refractivity contribution in [2.24, 2.45) is 0 Å². The summed E-state index contributed by atoms with van der Waals surface area (Å²) in [4.78, 5) is 23.4. The molecule has 0 spiro atoms. The molecule has 2 rings (SSSR count). The number of fused-ring (bicyclic) bond motifs is 1. The highest BCUT2D eigenvalue weighted by Crippen LogP contribution is 2.35. The van der Waals surface area contributed by atoms with Crippen LogP contribution in [-0.2, 0) is 9.53 Å². The first kappa shape index (κ1) is 11.3. The zero-order chi connectivity index (χ0) is 11.9. The van der Waals surface area contributed by atoms with E-state index in [4.69, 9.17) is 4.74 Å². The number of carbonyl (C=O) groups excluding carboxylic acids is 1. The lowest BCUT2D eigenvalue weighted by molar-refractivity contribution is -0.143. The lowest BCUT2D eigenvalue weighted by Gasteiger charge is -2.13. The minimum atomic E-state index is -0.475. The van der Waals surface area contributed by atoms with Gasteiger partial charge in [-0.15, -0.1) is 11.8 Å². The Morgan fingerprint density at radius 3 is 2.88 bits per heavy atom. The Bertz CT molecular complexity index is 507. The van der Waals surface area contributed by atoms with Gasteiger partial charge in [0, 0.05) is 11.8 Å². The number of carbonyl (C=O) groups is 1. The molecule has 0 aliphatic carbocycles. The van der Waals surface area contributed by atoms with Gasteiger partial charge in [-0.3, -0.25) is 9.36 Å². The van der Waals surface area contributed by atoms with E-state index in [2.05, 4.69) is 0 Å². The van der Waals surface area contributed by atoms with E-state index in [1.807, 2.05) is 13.8 Å². The van der Waals surface area contributed by atoms with Crippen LogP contribution in [0.25, 0.3) is 0 Å². The number of pyridine rings is 1. The molecule has 1 atom stereocenters. The van der Waals surface area contributed by atoms with Crippen molar-refractivity contribution in [2.75, 3.05) is 12.9 Å². The van der Waals surface area contributed by atoms with Crippen LogP contribution >= 0.6 is 11.8 Å². The molecule has 0 saturated carbocycles. The van der Waals surface area contributed by atoms with Crippen LogP contribution in [-0.4, -0.2) is 23.4 Å². The molecule has 0 unspecified atom stereocenters. The lowest BCUT2D eigenvalue weighted by atomic mass is 10.2. The smallest absolute Gasteiger partial charge is 0.329 e. The zero-order valence-corrected chi connectivity index (χ0v) is 10.3. The number of rotatable bonds is 1. The number of hydrogen-bond donors (Lipinski definition) is 0. The number of thioether (sulfide) groups is 1. The summed E-state index contributed by atoms with van der Waals surface area (Å²) in [5, 5.41) is 0.889. The van der Waals surface area contributed by atoms with E-state index in [0.29, 0.717) is 5.75 Å². The fourth-order valence-corrected chi connectivity index (χ4v) is 3.16. The van der Waals surface area contributed by atoms with Crippen molar-refractivity contribution < 1.29 is 9.53 Å². The number of methoxy groups -OCH3 is 1. The first-order valence-corrected chi connectivity index (χ1v) is 5.98. The second kappa shape index (κ2) is 3.97. The Morgan fingerprint density at radius 2 is 2.25 bits per heavy atom. The van der Waals surface area contributed by atoms with Crippen LogP contribution in [0, 0.1) is 13.8 Å². The van der Waals surface area contributed by atoms with Gasteiger partial charge in [0.1, 0.15) is 6.04 Å². The third-order valence-electron chi connectivity index (χ3n) is 2.87. The summed E-state index contributed by atoms with van der Waals surface area (Å²) in [7, 11) is 1.34. The molecule has 16 heavy (non-hydrogen) atoms. The van der Waals surface area contributed by atoms with Crippen LogP contribution in [0.1, 0.15) is 17.2 Å². The number of aryl methyl sites for hydroxylation is 1. The van der Waals surface area contributed by atoms with Crippen molar-refractivity contribution >= 4 is 17.7 Å². The summed E-state index contributed by atoms with van der Waals surface area (Å²) in [5.41, 5.74) is 1.91. The number of esters is 1. The standard InChI is InChI=1S/C11H13NO3S/c1-6-4-9(13)12-8(11(14)15-3)5-16-10(12)7(6)2/h4,8H,5H2,1-3H3/t8-/m0/s1. The third-order valence-corrected chi connectivity index (χ3v) is 4.13. The van der Waals surface area contributed by atoms with Gasteiger partial charge in [0.2, 0.25) is 0 Å². The average Bonchev–Trinajstić information content (AvgIpc) is 2.70. The number of nitrogens with zero attached hydrogens (tertiary/aromatic N) is 1. The van der Waals surface area contributed by atoms with Crippen molar-refractivity contribution in [1.82, 2.24) is 4.57 Å². The van der Waals surface area contributed by atoms with Gasteiger partial charge in [0.05, 0.1) is 12.1 Å². The Kier molecular flexibility index (Phi) is 2.80.